The number of phenols is 1. The maximum absolute atomic E-state index is 10.2. The quantitative estimate of drug-likeness (QED) is 0.768. The molecule has 0 saturated carbocycles. The van der Waals surface area contributed by atoms with Crippen molar-refractivity contribution in [1.82, 2.24) is 20.2 Å². The molecule has 0 bridgehead atoms. The van der Waals surface area contributed by atoms with E-state index in [1.807, 2.05) is 25.1 Å². The van der Waals surface area contributed by atoms with Gasteiger partial charge in [0.05, 0.1) is 12.2 Å². The number of H-pyrrole nitrogens is 1. The Hall–Kier alpha value is -2.89. The van der Waals surface area contributed by atoms with Crippen LogP contribution in [0.2, 0.25) is 0 Å². The van der Waals surface area contributed by atoms with Crippen LogP contribution in [-0.4, -0.2) is 31.9 Å². The first-order valence-electron chi connectivity index (χ1n) is 6.58. The Morgan fingerprint density at radius 2 is 2.10 bits per heavy atom. The van der Waals surface area contributed by atoms with Crippen molar-refractivity contribution in [2.24, 2.45) is 0 Å². The van der Waals surface area contributed by atoms with Crippen LogP contribution in [0.15, 0.2) is 42.6 Å². The monoisotopic (exact) mass is 282 g/mol. The number of nitrogens with zero attached hydrogens (tertiary/aromatic N) is 3. The minimum absolute atomic E-state index is 0.0333. The number of aromatic nitrogens is 4. The molecule has 21 heavy (non-hydrogen) atoms. The van der Waals surface area contributed by atoms with E-state index < -0.39 is 0 Å². The number of benzene rings is 1. The summed E-state index contributed by atoms with van der Waals surface area (Å²) in [7, 11) is 0. The lowest BCUT2D eigenvalue weighted by atomic mass is 10.2. The molecule has 1 aromatic carbocycles. The molecule has 0 aliphatic rings. The van der Waals surface area contributed by atoms with Gasteiger partial charge >= 0.3 is 0 Å². The SMILES string of the molecule is CCOc1cccc(-c2n[nH]c(-c3ccccn3)n2)c1O. The summed E-state index contributed by atoms with van der Waals surface area (Å²) in [5.74, 6) is 1.40. The van der Waals surface area contributed by atoms with Gasteiger partial charge in [-0.15, -0.1) is 0 Å². The summed E-state index contributed by atoms with van der Waals surface area (Å²) in [5, 5.41) is 17.2. The lowest BCUT2D eigenvalue weighted by Gasteiger charge is -2.07. The topological polar surface area (TPSA) is 83.9 Å². The zero-order chi connectivity index (χ0) is 14.7. The van der Waals surface area contributed by atoms with E-state index in [4.69, 9.17) is 4.74 Å². The van der Waals surface area contributed by atoms with Crippen LogP contribution in [0, 0.1) is 0 Å². The minimum atomic E-state index is 0.0333. The van der Waals surface area contributed by atoms with E-state index in [9.17, 15) is 5.11 Å². The maximum atomic E-state index is 10.2. The van der Waals surface area contributed by atoms with Crippen LogP contribution in [0.25, 0.3) is 22.9 Å². The Bertz CT molecular complexity index is 740. The van der Waals surface area contributed by atoms with E-state index >= 15 is 0 Å². The lowest BCUT2D eigenvalue weighted by molar-refractivity contribution is 0.318. The van der Waals surface area contributed by atoms with Crippen molar-refractivity contribution in [1.29, 1.82) is 0 Å². The van der Waals surface area contributed by atoms with Crippen LogP contribution >= 0.6 is 0 Å². The first-order valence-corrected chi connectivity index (χ1v) is 6.58. The minimum Gasteiger partial charge on any atom is -0.504 e. The van der Waals surface area contributed by atoms with Gasteiger partial charge in [-0.3, -0.25) is 10.1 Å². The average molecular weight is 282 g/mol. The zero-order valence-corrected chi connectivity index (χ0v) is 11.4. The van der Waals surface area contributed by atoms with Gasteiger partial charge in [0.25, 0.3) is 0 Å². The smallest absolute Gasteiger partial charge is 0.185 e. The lowest BCUT2D eigenvalue weighted by Crippen LogP contribution is -1.93. The summed E-state index contributed by atoms with van der Waals surface area (Å²) in [4.78, 5) is 8.57. The van der Waals surface area contributed by atoms with Gasteiger partial charge in [-0.2, -0.15) is 5.10 Å². The number of aromatic hydroxyl groups is 1. The molecule has 3 aromatic rings. The fourth-order valence-electron chi connectivity index (χ4n) is 1.97. The van der Waals surface area contributed by atoms with Crippen LogP contribution in [0.3, 0.4) is 0 Å². The van der Waals surface area contributed by atoms with Gasteiger partial charge < -0.3 is 9.84 Å². The van der Waals surface area contributed by atoms with Gasteiger partial charge in [0.15, 0.2) is 23.1 Å². The first-order chi connectivity index (χ1) is 10.3. The van der Waals surface area contributed by atoms with Gasteiger partial charge in [0, 0.05) is 6.20 Å². The Balaban J connectivity index is 1.99. The van der Waals surface area contributed by atoms with Gasteiger partial charge in [0.2, 0.25) is 0 Å². The molecule has 0 radical (unpaired) electrons. The molecule has 0 amide bonds. The molecule has 6 heteroatoms. The summed E-state index contributed by atoms with van der Waals surface area (Å²) in [6.07, 6.45) is 1.69. The highest BCUT2D eigenvalue weighted by molar-refractivity contribution is 5.69. The molecule has 106 valence electrons. The van der Waals surface area contributed by atoms with Gasteiger partial charge in [-0.05, 0) is 31.2 Å². The number of para-hydroxylation sites is 1. The predicted molar refractivity (Wildman–Crippen MR) is 77.9 cm³/mol. The van der Waals surface area contributed by atoms with E-state index in [1.54, 1.807) is 24.4 Å². The summed E-state index contributed by atoms with van der Waals surface area (Å²) >= 11 is 0. The van der Waals surface area contributed by atoms with Crippen molar-refractivity contribution in [2.75, 3.05) is 6.61 Å². The molecular formula is C15H14N4O2. The molecule has 3 rings (SSSR count). The Kier molecular flexibility index (Phi) is 3.51. The number of hydrogen-bond acceptors (Lipinski definition) is 5. The molecule has 0 aliphatic carbocycles. The highest BCUT2D eigenvalue weighted by Gasteiger charge is 2.15. The standard InChI is InChI=1S/C15H14N4O2/c1-2-21-12-8-5-6-10(13(12)20)14-17-15(19-18-14)11-7-3-4-9-16-11/h3-9,20H,2H2,1H3,(H,17,18,19). The van der Waals surface area contributed by atoms with Crippen LogP contribution in [0.1, 0.15) is 6.92 Å². The van der Waals surface area contributed by atoms with Crippen molar-refractivity contribution in [2.45, 2.75) is 6.92 Å². The van der Waals surface area contributed by atoms with Crippen LogP contribution < -0.4 is 4.74 Å². The number of phenolic OH excluding ortho intramolecular Hbond substituents is 1. The second-order valence-corrected chi connectivity index (χ2v) is 4.31. The highest BCUT2D eigenvalue weighted by atomic mass is 16.5. The van der Waals surface area contributed by atoms with E-state index in [0.717, 1.165) is 0 Å². The molecule has 0 spiro atoms. The first kappa shape index (κ1) is 13.1. The van der Waals surface area contributed by atoms with E-state index in [-0.39, 0.29) is 5.75 Å². The van der Waals surface area contributed by atoms with Crippen molar-refractivity contribution in [3.63, 3.8) is 0 Å². The molecule has 0 unspecified atom stereocenters. The number of hydrogen-bond donors (Lipinski definition) is 2. The third-order valence-corrected chi connectivity index (χ3v) is 2.93. The molecule has 0 fully saturated rings. The molecule has 2 N–H and O–H groups in total. The van der Waals surface area contributed by atoms with E-state index in [1.165, 1.54) is 0 Å². The van der Waals surface area contributed by atoms with Gasteiger partial charge in [0.1, 0.15) is 5.69 Å². The Morgan fingerprint density at radius 3 is 2.86 bits per heavy atom. The third-order valence-electron chi connectivity index (χ3n) is 2.93. The largest absolute Gasteiger partial charge is 0.504 e. The average Bonchev–Trinajstić information content (AvgIpc) is 3.00. The van der Waals surface area contributed by atoms with Crippen LogP contribution in [-0.2, 0) is 0 Å². The van der Waals surface area contributed by atoms with Crippen molar-refractivity contribution >= 4 is 0 Å². The third kappa shape index (κ3) is 2.55. The zero-order valence-electron chi connectivity index (χ0n) is 11.4. The second kappa shape index (κ2) is 5.62. The molecule has 6 nitrogen and oxygen atoms in total. The van der Waals surface area contributed by atoms with Crippen LogP contribution in [0.5, 0.6) is 11.5 Å². The highest BCUT2D eigenvalue weighted by Crippen LogP contribution is 2.35. The molecule has 2 aromatic heterocycles. The van der Waals surface area contributed by atoms with E-state index in [0.29, 0.717) is 35.3 Å². The predicted octanol–water partition coefficient (Wildman–Crippen LogP) is 2.64. The normalized spacial score (nSPS) is 10.5. The summed E-state index contributed by atoms with van der Waals surface area (Å²) in [6, 6.07) is 10.8. The molecule has 0 aliphatic heterocycles. The number of ether oxygens (including phenoxy) is 1. The van der Waals surface area contributed by atoms with Crippen molar-refractivity contribution < 1.29 is 9.84 Å². The summed E-state index contributed by atoms with van der Waals surface area (Å²) in [6.45, 7) is 2.34. The Morgan fingerprint density at radius 1 is 1.19 bits per heavy atom. The summed E-state index contributed by atoms with van der Waals surface area (Å²) < 4.78 is 5.36. The molecule has 0 saturated heterocycles. The number of nitrogens with one attached hydrogen (secondary N) is 1. The number of aromatic amines is 1. The molecule has 2 heterocycles. The molecular weight excluding hydrogens is 268 g/mol. The molecule has 0 atom stereocenters. The summed E-state index contributed by atoms with van der Waals surface area (Å²) in [5.41, 5.74) is 1.20. The van der Waals surface area contributed by atoms with Gasteiger partial charge in [-0.1, -0.05) is 12.1 Å². The maximum Gasteiger partial charge on any atom is 0.185 e. The number of rotatable bonds is 4. The Labute approximate surface area is 121 Å². The van der Waals surface area contributed by atoms with Crippen LogP contribution in [0.4, 0.5) is 0 Å². The second-order valence-electron chi connectivity index (χ2n) is 4.31. The fraction of sp³-hybridized carbons (Fsp3) is 0.133. The van der Waals surface area contributed by atoms with Crippen molar-refractivity contribution in [3.05, 3.63) is 42.6 Å². The van der Waals surface area contributed by atoms with Gasteiger partial charge in [-0.25, -0.2) is 4.98 Å². The number of pyridine rings is 1. The van der Waals surface area contributed by atoms with E-state index in [2.05, 4.69) is 20.2 Å². The van der Waals surface area contributed by atoms with Crippen molar-refractivity contribution in [3.8, 4) is 34.4 Å². The fourth-order valence-corrected chi connectivity index (χ4v) is 1.97.